The highest BCUT2D eigenvalue weighted by molar-refractivity contribution is 5.78. The van der Waals surface area contributed by atoms with Crippen LogP contribution >= 0.6 is 0 Å². The van der Waals surface area contributed by atoms with E-state index in [2.05, 4.69) is 24.5 Å². The normalized spacial score (nSPS) is 17.9. The third-order valence-corrected chi connectivity index (χ3v) is 2.54. The Balaban J connectivity index is 1.96. The molecule has 14 heavy (non-hydrogen) atoms. The molecule has 0 aliphatic heterocycles. The summed E-state index contributed by atoms with van der Waals surface area (Å²) < 4.78 is 0. The quantitative estimate of drug-likeness (QED) is 0.647. The van der Waals surface area contributed by atoms with Crippen LogP contribution in [0.2, 0.25) is 0 Å². The summed E-state index contributed by atoms with van der Waals surface area (Å²) in [6, 6.07) is 0.315. The van der Waals surface area contributed by atoms with Crippen molar-refractivity contribution >= 4 is 5.91 Å². The summed E-state index contributed by atoms with van der Waals surface area (Å²) in [4.78, 5) is 11.4. The molecular formula is C11H22N2O. The Bertz CT molecular complexity index is 178. The summed E-state index contributed by atoms with van der Waals surface area (Å²) in [6.07, 6.45) is 4.85. The number of nitrogens with one attached hydrogen (secondary N) is 2. The van der Waals surface area contributed by atoms with Gasteiger partial charge in [0, 0.05) is 6.04 Å². The van der Waals surface area contributed by atoms with Gasteiger partial charge in [0.25, 0.3) is 0 Å². The maximum Gasteiger partial charge on any atom is 0.234 e. The van der Waals surface area contributed by atoms with Crippen molar-refractivity contribution in [1.29, 1.82) is 0 Å². The molecule has 1 fully saturated rings. The molecule has 1 rings (SSSR count). The fourth-order valence-electron chi connectivity index (χ4n) is 1.54. The van der Waals surface area contributed by atoms with Crippen LogP contribution in [-0.2, 0) is 4.79 Å². The average Bonchev–Trinajstić information content (AvgIpc) is 2.88. The molecular weight excluding hydrogens is 176 g/mol. The summed E-state index contributed by atoms with van der Waals surface area (Å²) in [5.74, 6) is 0.975. The highest BCUT2D eigenvalue weighted by atomic mass is 16.1. The van der Waals surface area contributed by atoms with E-state index in [1.807, 2.05) is 0 Å². The second-order valence-electron chi connectivity index (χ2n) is 4.33. The molecule has 1 amide bonds. The van der Waals surface area contributed by atoms with Gasteiger partial charge in [-0.25, -0.2) is 0 Å². The molecule has 0 aromatic heterocycles. The second-order valence-corrected chi connectivity index (χ2v) is 4.33. The van der Waals surface area contributed by atoms with E-state index in [0.717, 1.165) is 25.3 Å². The van der Waals surface area contributed by atoms with Crippen molar-refractivity contribution in [3.8, 4) is 0 Å². The van der Waals surface area contributed by atoms with Crippen molar-refractivity contribution < 1.29 is 4.79 Å². The van der Waals surface area contributed by atoms with Gasteiger partial charge < -0.3 is 10.6 Å². The first-order valence-corrected chi connectivity index (χ1v) is 5.72. The van der Waals surface area contributed by atoms with Gasteiger partial charge in [0.1, 0.15) is 0 Å². The van der Waals surface area contributed by atoms with Crippen molar-refractivity contribution in [3.05, 3.63) is 0 Å². The number of carbonyl (C=O) groups excluding carboxylic acids is 1. The summed E-state index contributed by atoms with van der Waals surface area (Å²) in [5, 5.41) is 6.16. The lowest BCUT2D eigenvalue weighted by Gasteiger charge is -2.12. The lowest BCUT2D eigenvalue weighted by atomic mass is 10.2. The summed E-state index contributed by atoms with van der Waals surface area (Å²) >= 11 is 0. The first-order chi connectivity index (χ1) is 6.72. The Morgan fingerprint density at radius 2 is 2.21 bits per heavy atom. The Hall–Kier alpha value is -0.570. The largest absolute Gasteiger partial charge is 0.353 e. The third-order valence-electron chi connectivity index (χ3n) is 2.54. The molecule has 1 atom stereocenters. The number of hydrogen-bond donors (Lipinski definition) is 2. The van der Waals surface area contributed by atoms with Crippen LogP contribution in [0.1, 0.15) is 39.5 Å². The molecule has 3 nitrogen and oxygen atoms in total. The summed E-state index contributed by atoms with van der Waals surface area (Å²) in [7, 11) is 0. The molecule has 1 aliphatic rings. The van der Waals surface area contributed by atoms with Gasteiger partial charge in [0.15, 0.2) is 0 Å². The van der Waals surface area contributed by atoms with Crippen LogP contribution < -0.4 is 10.6 Å². The molecule has 1 saturated carbocycles. The average molecular weight is 198 g/mol. The van der Waals surface area contributed by atoms with Crippen LogP contribution in [0.4, 0.5) is 0 Å². The maximum absolute atomic E-state index is 11.4. The zero-order valence-corrected chi connectivity index (χ0v) is 9.31. The molecule has 0 aromatic carbocycles. The highest BCUT2D eigenvalue weighted by Gasteiger charge is 2.20. The van der Waals surface area contributed by atoms with E-state index in [9.17, 15) is 4.79 Å². The van der Waals surface area contributed by atoms with Crippen LogP contribution in [-0.4, -0.2) is 25.0 Å². The summed E-state index contributed by atoms with van der Waals surface area (Å²) in [6.45, 7) is 5.68. The topological polar surface area (TPSA) is 41.1 Å². The Morgan fingerprint density at radius 3 is 2.79 bits per heavy atom. The molecule has 0 aromatic rings. The lowest BCUT2D eigenvalue weighted by Crippen LogP contribution is -2.39. The first kappa shape index (κ1) is 11.5. The van der Waals surface area contributed by atoms with Gasteiger partial charge >= 0.3 is 0 Å². The molecule has 3 heteroatoms. The van der Waals surface area contributed by atoms with Crippen LogP contribution in [0.25, 0.3) is 0 Å². The van der Waals surface area contributed by atoms with E-state index >= 15 is 0 Å². The van der Waals surface area contributed by atoms with E-state index in [1.54, 1.807) is 0 Å². The molecule has 1 aliphatic carbocycles. The van der Waals surface area contributed by atoms with Crippen LogP contribution in [0, 0.1) is 5.92 Å². The van der Waals surface area contributed by atoms with E-state index in [-0.39, 0.29) is 5.91 Å². The van der Waals surface area contributed by atoms with Gasteiger partial charge in [-0.05, 0) is 38.6 Å². The second kappa shape index (κ2) is 6.02. The van der Waals surface area contributed by atoms with Crippen LogP contribution in [0.5, 0.6) is 0 Å². The van der Waals surface area contributed by atoms with E-state index in [1.165, 1.54) is 12.8 Å². The molecule has 1 unspecified atom stereocenters. The minimum Gasteiger partial charge on any atom is -0.353 e. The number of carbonyl (C=O) groups is 1. The Morgan fingerprint density at radius 1 is 1.50 bits per heavy atom. The van der Waals surface area contributed by atoms with E-state index in [0.29, 0.717) is 12.6 Å². The van der Waals surface area contributed by atoms with Gasteiger partial charge in [-0.2, -0.15) is 0 Å². The van der Waals surface area contributed by atoms with Gasteiger partial charge in [0.05, 0.1) is 6.54 Å². The maximum atomic E-state index is 11.4. The van der Waals surface area contributed by atoms with Crippen LogP contribution in [0.3, 0.4) is 0 Å². The molecule has 0 bridgehead atoms. The molecule has 0 spiro atoms. The third kappa shape index (κ3) is 5.22. The zero-order valence-electron chi connectivity index (χ0n) is 9.31. The van der Waals surface area contributed by atoms with Gasteiger partial charge in [0.2, 0.25) is 5.91 Å². The molecule has 0 radical (unpaired) electrons. The minimum absolute atomic E-state index is 0.131. The predicted molar refractivity (Wildman–Crippen MR) is 58.1 cm³/mol. The van der Waals surface area contributed by atoms with Crippen molar-refractivity contribution in [2.45, 2.75) is 45.6 Å². The predicted octanol–water partition coefficient (Wildman–Crippen LogP) is 1.29. The fraction of sp³-hybridized carbons (Fsp3) is 0.909. The van der Waals surface area contributed by atoms with E-state index in [4.69, 9.17) is 0 Å². The van der Waals surface area contributed by atoms with Crippen molar-refractivity contribution in [1.82, 2.24) is 10.6 Å². The zero-order chi connectivity index (χ0) is 10.4. The van der Waals surface area contributed by atoms with Gasteiger partial charge in [-0.3, -0.25) is 4.79 Å². The monoisotopic (exact) mass is 198 g/mol. The fourth-order valence-corrected chi connectivity index (χ4v) is 1.54. The molecule has 0 saturated heterocycles. The first-order valence-electron chi connectivity index (χ1n) is 5.72. The number of hydrogen-bond acceptors (Lipinski definition) is 2. The molecule has 0 heterocycles. The Labute approximate surface area is 86.6 Å². The summed E-state index contributed by atoms with van der Waals surface area (Å²) in [5.41, 5.74) is 0. The molecule has 2 N–H and O–H groups in total. The highest BCUT2D eigenvalue weighted by Crippen LogP contribution is 2.27. The van der Waals surface area contributed by atoms with Crippen molar-refractivity contribution in [3.63, 3.8) is 0 Å². The molecule has 82 valence electrons. The van der Waals surface area contributed by atoms with Gasteiger partial charge in [-0.1, -0.05) is 13.3 Å². The van der Waals surface area contributed by atoms with Crippen molar-refractivity contribution in [2.75, 3.05) is 13.1 Å². The number of amides is 1. The van der Waals surface area contributed by atoms with Gasteiger partial charge in [-0.15, -0.1) is 0 Å². The minimum atomic E-state index is 0.131. The SMILES string of the molecule is CCCC(C)NC(=O)CNCC1CC1. The standard InChI is InChI=1S/C11H22N2O/c1-3-4-9(2)13-11(14)8-12-7-10-5-6-10/h9-10,12H,3-8H2,1-2H3,(H,13,14). The smallest absolute Gasteiger partial charge is 0.234 e. The van der Waals surface area contributed by atoms with E-state index < -0.39 is 0 Å². The number of rotatable bonds is 7. The van der Waals surface area contributed by atoms with Crippen LogP contribution in [0.15, 0.2) is 0 Å². The lowest BCUT2D eigenvalue weighted by molar-refractivity contribution is -0.120. The van der Waals surface area contributed by atoms with Crippen molar-refractivity contribution in [2.24, 2.45) is 5.92 Å². The Kier molecular flexibility index (Phi) is 4.94.